The van der Waals surface area contributed by atoms with E-state index in [1.807, 2.05) is 38.4 Å². The van der Waals surface area contributed by atoms with Gasteiger partial charge in [0, 0.05) is 18.1 Å². The van der Waals surface area contributed by atoms with E-state index in [4.69, 9.17) is 4.74 Å². The molecule has 2 rings (SSSR count). The summed E-state index contributed by atoms with van der Waals surface area (Å²) in [6, 6.07) is 6.19. The highest BCUT2D eigenvalue weighted by molar-refractivity contribution is 5.35. The number of aryl methyl sites for hydroxylation is 1. The number of nitrogens with one attached hydrogen (secondary N) is 1. The molecule has 1 atom stereocenters. The van der Waals surface area contributed by atoms with E-state index in [1.54, 1.807) is 6.20 Å². The first-order valence-corrected chi connectivity index (χ1v) is 6.98. The largest absolute Gasteiger partial charge is 0.492 e. The monoisotopic (exact) mass is 271 g/mol. The molecular formula is C16H21N3O. The van der Waals surface area contributed by atoms with Crippen molar-refractivity contribution in [1.29, 1.82) is 0 Å². The summed E-state index contributed by atoms with van der Waals surface area (Å²) in [5.41, 5.74) is 3.29. The van der Waals surface area contributed by atoms with Crippen LogP contribution in [0.25, 0.3) is 0 Å². The predicted octanol–water partition coefficient (Wildman–Crippen LogP) is 2.88. The Morgan fingerprint density at radius 1 is 1.30 bits per heavy atom. The predicted molar refractivity (Wildman–Crippen MR) is 79.9 cm³/mol. The van der Waals surface area contributed by atoms with Crippen molar-refractivity contribution >= 4 is 0 Å². The van der Waals surface area contributed by atoms with E-state index in [9.17, 15) is 0 Å². The lowest BCUT2D eigenvalue weighted by atomic mass is 9.99. The Bertz CT molecular complexity index is 557. The van der Waals surface area contributed by atoms with Gasteiger partial charge in [-0.15, -0.1) is 0 Å². The molecule has 0 aromatic carbocycles. The van der Waals surface area contributed by atoms with Crippen LogP contribution in [0.4, 0.5) is 0 Å². The third-order valence-electron chi connectivity index (χ3n) is 3.15. The molecule has 0 spiro atoms. The second-order valence-corrected chi connectivity index (χ2v) is 4.56. The van der Waals surface area contributed by atoms with E-state index in [1.165, 1.54) is 5.56 Å². The highest BCUT2D eigenvalue weighted by Crippen LogP contribution is 2.25. The summed E-state index contributed by atoms with van der Waals surface area (Å²) in [6.07, 6.45) is 5.44. The molecule has 0 fully saturated rings. The molecule has 0 saturated heterocycles. The Kier molecular flexibility index (Phi) is 5.07. The normalized spacial score (nSPS) is 12.2. The van der Waals surface area contributed by atoms with E-state index in [0.717, 1.165) is 23.6 Å². The number of ether oxygens (including phenoxy) is 1. The van der Waals surface area contributed by atoms with Gasteiger partial charge >= 0.3 is 0 Å². The molecule has 4 nitrogen and oxygen atoms in total. The number of pyridine rings is 2. The first kappa shape index (κ1) is 14.5. The van der Waals surface area contributed by atoms with E-state index in [-0.39, 0.29) is 6.04 Å². The number of rotatable bonds is 6. The first-order valence-electron chi connectivity index (χ1n) is 6.98. The zero-order chi connectivity index (χ0) is 14.4. The maximum atomic E-state index is 5.54. The summed E-state index contributed by atoms with van der Waals surface area (Å²) < 4.78 is 5.54. The molecular weight excluding hydrogens is 250 g/mol. The van der Waals surface area contributed by atoms with Crippen LogP contribution < -0.4 is 10.1 Å². The molecule has 0 bridgehead atoms. The highest BCUT2D eigenvalue weighted by Gasteiger charge is 2.16. The fourth-order valence-corrected chi connectivity index (χ4v) is 2.25. The van der Waals surface area contributed by atoms with E-state index in [0.29, 0.717) is 6.61 Å². The van der Waals surface area contributed by atoms with Crippen LogP contribution in [-0.2, 0) is 0 Å². The molecule has 0 saturated carbocycles. The minimum Gasteiger partial charge on any atom is -0.492 e. The Labute approximate surface area is 120 Å². The third kappa shape index (κ3) is 3.33. The summed E-state index contributed by atoms with van der Waals surface area (Å²) in [5.74, 6) is 0.800. The number of nitrogens with zero attached hydrogens (tertiary/aromatic N) is 2. The van der Waals surface area contributed by atoms with E-state index < -0.39 is 0 Å². The summed E-state index contributed by atoms with van der Waals surface area (Å²) in [6.45, 7) is 7.61. The molecule has 0 aliphatic carbocycles. The molecule has 2 heterocycles. The average Bonchev–Trinajstić information content (AvgIpc) is 2.46. The van der Waals surface area contributed by atoms with Gasteiger partial charge in [0.1, 0.15) is 5.75 Å². The van der Waals surface area contributed by atoms with Gasteiger partial charge in [-0.25, -0.2) is 0 Å². The van der Waals surface area contributed by atoms with Crippen molar-refractivity contribution in [2.24, 2.45) is 0 Å². The summed E-state index contributed by atoms with van der Waals surface area (Å²) >= 11 is 0. The summed E-state index contributed by atoms with van der Waals surface area (Å²) in [5, 5.41) is 3.49. The van der Waals surface area contributed by atoms with Crippen LogP contribution in [0, 0.1) is 6.92 Å². The van der Waals surface area contributed by atoms with Gasteiger partial charge in [-0.3, -0.25) is 9.97 Å². The summed E-state index contributed by atoms with van der Waals surface area (Å²) in [7, 11) is 0. The Balaban J connectivity index is 2.38. The van der Waals surface area contributed by atoms with Gasteiger partial charge in [-0.05, 0) is 43.7 Å². The van der Waals surface area contributed by atoms with E-state index in [2.05, 4.69) is 28.3 Å². The molecule has 4 heteroatoms. The van der Waals surface area contributed by atoms with Gasteiger partial charge in [0.15, 0.2) is 0 Å². The van der Waals surface area contributed by atoms with Crippen molar-refractivity contribution in [3.05, 3.63) is 53.6 Å². The number of hydrogen-bond acceptors (Lipinski definition) is 4. The lowest BCUT2D eigenvalue weighted by Gasteiger charge is -2.20. The van der Waals surface area contributed by atoms with Crippen molar-refractivity contribution in [1.82, 2.24) is 15.3 Å². The fourth-order valence-electron chi connectivity index (χ4n) is 2.25. The zero-order valence-electron chi connectivity index (χ0n) is 12.3. The van der Waals surface area contributed by atoms with Crippen LogP contribution in [0.15, 0.2) is 36.8 Å². The topological polar surface area (TPSA) is 47.0 Å². The lowest BCUT2D eigenvalue weighted by molar-refractivity contribution is 0.338. The van der Waals surface area contributed by atoms with Crippen molar-refractivity contribution in [3.63, 3.8) is 0 Å². The lowest BCUT2D eigenvalue weighted by Crippen LogP contribution is -2.23. The molecule has 20 heavy (non-hydrogen) atoms. The zero-order valence-corrected chi connectivity index (χ0v) is 12.3. The molecule has 1 unspecified atom stereocenters. The first-order chi connectivity index (χ1) is 9.76. The second kappa shape index (κ2) is 7.01. The molecule has 0 amide bonds. The molecule has 0 aliphatic heterocycles. The Morgan fingerprint density at radius 2 is 2.15 bits per heavy atom. The van der Waals surface area contributed by atoms with Crippen molar-refractivity contribution < 1.29 is 4.74 Å². The SMILES string of the molecule is CCNC(c1cncc(OCC)c1)c1cccnc1C. The quantitative estimate of drug-likeness (QED) is 0.877. The molecule has 2 aromatic rings. The molecule has 0 radical (unpaired) electrons. The van der Waals surface area contributed by atoms with Crippen LogP contribution in [0.5, 0.6) is 5.75 Å². The molecule has 106 valence electrons. The fraction of sp³-hybridized carbons (Fsp3) is 0.375. The maximum absolute atomic E-state index is 5.54. The van der Waals surface area contributed by atoms with Gasteiger partial charge in [-0.1, -0.05) is 13.0 Å². The second-order valence-electron chi connectivity index (χ2n) is 4.56. The molecule has 0 aliphatic rings. The van der Waals surface area contributed by atoms with Crippen LogP contribution in [-0.4, -0.2) is 23.1 Å². The van der Waals surface area contributed by atoms with Crippen molar-refractivity contribution in [2.45, 2.75) is 26.8 Å². The van der Waals surface area contributed by atoms with Crippen LogP contribution in [0.3, 0.4) is 0 Å². The Hall–Kier alpha value is -1.94. The minimum atomic E-state index is 0.0848. The average molecular weight is 271 g/mol. The number of aromatic nitrogens is 2. The van der Waals surface area contributed by atoms with Crippen LogP contribution >= 0.6 is 0 Å². The standard InChI is InChI=1S/C16H21N3O/c1-4-18-16(15-7-6-8-19-12(15)3)13-9-14(20-5-2)11-17-10-13/h6-11,16,18H,4-5H2,1-3H3. The van der Waals surface area contributed by atoms with Gasteiger partial charge in [0.2, 0.25) is 0 Å². The van der Waals surface area contributed by atoms with Crippen molar-refractivity contribution in [3.8, 4) is 5.75 Å². The van der Waals surface area contributed by atoms with Crippen LogP contribution in [0.2, 0.25) is 0 Å². The number of hydrogen-bond donors (Lipinski definition) is 1. The highest BCUT2D eigenvalue weighted by atomic mass is 16.5. The van der Waals surface area contributed by atoms with Gasteiger partial charge in [0.25, 0.3) is 0 Å². The smallest absolute Gasteiger partial charge is 0.137 e. The molecule has 2 aromatic heterocycles. The van der Waals surface area contributed by atoms with Gasteiger partial charge < -0.3 is 10.1 Å². The van der Waals surface area contributed by atoms with Gasteiger partial charge in [-0.2, -0.15) is 0 Å². The van der Waals surface area contributed by atoms with Gasteiger partial charge in [0.05, 0.1) is 18.8 Å². The third-order valence-corrected chi connectivity index (χ3v) is 3.15. The maximum Gasteiger partial charge on any atom is 0.137 e. The molecule has 1 N–H and O–H groups in total. The van der Waals surface area contributed by atoms with Crippen molar-refractivity contribution in [2.75, 3.05) is 13.2 Å². The minimum absolute atomic E-state index is 0.0848. The summed E-state index contributed by atoms with van der Waals surface area (Å²) in [4.78, 5) is 8.65. The Morgan fingerprint density at radius 3 is 2.85 bits per heavy atom. The van der Waals surface area contributed by atoms with E-state index >= 15 is 0 Å². The van der Waals surface area contributed by atoms with Crippen LogP contribution in [0.1, 0.15) is 36.7 Å².